The third kappa shape index (κ3) is 3.62. The number of nitrogens with one attached hydrogen (secondary N) is 1. The molecular weight excluding hydrogens is 326 g/mol. The van der Waals surface area contributed by atoms with Gasteiger partial charge in [-0.25, -0.2) is 13.6 Å². The molecule has 2 rings (SSSR count). The third-order valence-corrected chi connectivity index (χ3v) is 4.84. The maximum Gasteiger partial charge on any atom is 0.312 e. The Morgan fingerprint density at radius 3 is 2.68 bits per heavy atom. The minimum Gasteiger partial charge on any atom is -0.379 e. The van der Waals surface area contributed by atoms with Crippen molar-refractivity contribution >= 4 is 32.7 Å². The van der Waals surface area contributed by atoms with Crippen molar-refractivity contribution in [2.45, 2.75) is 17.7 Å². The van der Waals surface area contributed by atoms with Crippen LogP contribution in [-0.4, -0.2) is 19.9 Å². The van der Waals surface area contributed by atoms with E-state index in [1.54, 1.807) is 11.3 Å². The van der Waals surface area contributed by atoms with Crippen molar-refractivity contribution in [1.82, 2.24) is 0 Å². The van der Waals surface area contributed by atoms with Crippen molar-refractivity contribution in [2.24, 2.45) is 5.14 Å². The van der Waals surface area contributed by atoms with Crippen molar-refractivity contribution in [3.8, 4) is 0 Å². The van der Waals surface area contributed by atoms with Gasteiger partial charge in [-0.15, -0.1) is 0 Å². The highest BCUT2D eigenvalue weighted by Gasteiger charge is 2.26. The monoisotopic (exact) mass is 341 g/mol. The number of nitro groups is 1. The van der Waals surface area contributed by atoms with Gasteiger partial charge in [-0.1, -0.05) is 13.0 Å². The van der Waals surface area contributed by atoms with Crippen LogP contribution in [0.2, 0.25) is 0 Å². The van der Waals surface area contributed by atoms with Crippen LogP contribution in [0.1, 0.15) is 18.4 Å². The molecule has 7 nitrogen and oxygen atoms in total. The van der Waals surface area contributed by atoms with Crippen LogP contribution >= 0.6 is 11.3 Å². The molecular formula is C13H15N3O4S2. The highest BCUT2D eigenvalue weighted by Crippen LogP contribution is 2.32. The summed E-state index contributed by atoms with van der Waals surface area (Å²) in [5.41, 5.74) is 0.726. The molecule has 3 N–H and O–H groups in total. The van der Waals surface area contributed by atoms with E-state index in [1.165, 1.54) is 12.1 Å². The zero-order valence-corrected chi connectivity index (χ0v) is 13.4. The van der Waals surface area contributed by atoms with Gasteiger partial charge in [0.25, 0.3) is 0 Å². The number of nitro benzene ring substituents is 1. The van der Waals surface area contributed by atoms with Crippen molar-refractivity contribution < 1.29 is 13.3 Å². The number of primary sulfonamides is 1. The molecule has 0 aliphatic carbocycles. The summed E-state index contributed by atoms with van der Waals surface area (Å²) < 4.78 is 23.0. The largest absolute Gasteiger partial charge is 0.379 e. The zero-order chi connectivity index (χ0) is 16.3. The predicted molar refractivity (Wildman–Crippen MR) is 85.7 cm³/mol. The molecule has 0 aliphatic heterocycles. The second-order valence-corrected chi connectivity index (χ2v) is 7.10. The molecule has 9 heteroatoms. The van der Waals surface area contributed by atoms with E-state index in [2.05, 4.69) is 5.32 Å². The number of benzene rings is 1. The Bertz CT molecular complexity index is 773. The highest BCUT2D eigenvalue weighted by molar-refractivity contribution is 7.89. The summed E-state index contributed by atoms with van der Waals surface area (Å²) in [5.74, 6) is 0.129. The van der Waals surface area contributed by atoms with Gasteiger partial charge in [0.1, 0.15) is 5.69 Å². The van der Waals surface area contributed by atoms with Crippen LogP contribution in [0.4, 0.5) is 11.4 Å². The molecule has 1 atom stereocenters. The lowest BCUT2D eigenvalue weighted by molar-refractivity contribution is -0.386. The van der Waals surface area contributed by atoms with Crippen molar-refractivity contribution in [2.75, 3.05) is 11.9 Å². The van der Waals surface area contributed by atoms with Gasteiger partial charge >= 0.3 is 5.69 Å². The van der Waals surface area contributed by atoms with E-state index in [1.807, 2.05) is 23.8 Å². The fourth-order valence-electron chi connectivity index (χ4n) is 2.02. The average molecular weight is 341 g/mol. The summed E-state index contributed by atoms with van der Waals surface area (Å²) in [5, 5.41) is 23.1. The third-order valence-electron chi connectivity index (χ3n) is 3.20. The molecule has 0 saturated carbocycles. The Labute approximate surface area is 132 Å². The van der Waals surface area contributed by atoms with Gasteiger partial charge in [-0.05, 0) is 40.4 Å². The van der Waals surface area contributed by atoms with Crippen LogP contribution in [0.3, 0.4) is 0 Å². The summed E-state index contributed by atoms with van der Waals surface area (Å²) in [6.45, 7) is 2.41. The van der Waals surface area contributed by atoms with Gasteiger partial charge < -0.3 is 5.32 Å². The minimum absolute atomic E-state index is 0.129. The van der Waals surface area contributed by atoms with Crippen molar-refractivity contribution in [3.05, 3.63) is 50.7 Å². The first-order chi connectivity index (χ1) is 10.3. The number of rotatable bonds is 6. The lowest BCUT2D eigenvalue weighted by Gasteiger charge is -2.13. The lowest BCUT2D eigenvalue weighted by atomic mass is 10.1. The topological polar surface area (TPSA) is 115 Å². The normalized spacial score (nSPS) is 12.8. The fourth-order valence-corrected chi connectivity index (χ4v) is 3.52. The van der Waals surface area contributed by atoms with E-state index in [9.17, 15) is 18.5 Å². The van der Waals surface area contributed by atoms with Crippen LogP contribution in [0.15, 0.2) is 39.9 Å². The van der Waals surface area contributed by atoms with E-state index in [0.29, 0.717) is 6.54 Å². The molecule has 0 unspecified atom stereocenters. The molecule has 118 valence electrons. The Balaban J connectivity index is 2.30. The van der Waals surface area contributed by atoms with Crippen LogP contribution in [0.5, 0.6) is 0 Å². The number of nitrogens with zero attached hydrogens (tertiary/aromatic N) is 1. The van der Waals surface area contributed by atoms with Gasteiger partial charge in [-0.3, -0.25) is 10.1 Å². The first kappa shape index (κ1) is 16.4. The highest BCUT2D eigenvalue weighted by atomic mass is 32.2. The summed E-state index contributed by atoms with van der Waals surface area (Å²) in [6, 6.07) is 5.99. The molecule has 1 aromatic heterocycles. The SMILES string of the molecule is C[C@H](CNc1cccc(S(N)(=O)=O)c1[N+](=O)[O-])c1ccsc1. The van der Waals surface area contributed by atoms with Crippen LogP contribution in [0.25, 0.3) is 0 Å². The molecule has 0 radical (unpaired) electrons. The van der Waals surface area contributed by atoms with E-state index < -0.39 is 25.5 Å². The van der Waals surface area contributed by atoms with Gasteiger partial charge in [-0.2, -0.15) is 11.3 Å². The molecule has 1 aromatic carbocycles. The first-order valence-corrected chi connectivity index (χ1v) is 8.85. The zero-order valence-electron chi connectivity index (χ0n) is 11.7. The number of thiophene rings is 1. The van der Waals surface area contributed by atoms with Crippen LogP contribution in [-0.2, 0) is 10.0 Å². The summed E-state index contributed by atoms with van der Waals surface area (Å²) in [7, 11) is -4.16. The molecule has 0 bridgehead atoms. The van der Waals surface area contributed by atoms with E-state index in [4.69, 9.17) is 5.14 Å². The number of para-hydroxylation sites is 1. The molecule has 0 fully saturated rings. The summed E-state index contributed by atoms with van der Waals surface area (Å²) in [4.78, 5) is 9.98. The number of hydrogen-bond donors (Lipinski definition) is 2. The van der Waals surface area contributed by atoms with E-state index >= 15 is 0 Å². The Morgan fingerprint density at radius 1 is 1.41 bits per heavy atom. The smallest absolute Gasteiger partial charge is 0.312 e. The quantitative estimate of drug-likeness (QED) is 0.619. The number of nitrogens with two attached hydrogens (primary N) is 1. The molecule has 0 saturated heterocycles. The van der Waals surface area contributed by atoms with Gasteiger partial charge in [0.15, 0.2) is 4.90 Å². The summed E-state index contributed by atoms with van der Waals surface area (Å²) in [6.07, 6.45) is 0. The second-order valence-electron chi connectivity index (χ2n) is 4.79. The summed E-state index contributed by atoms with van der Waals surface area (Å²) >= 11 is 1.57. The number of sulfonamides is 1. The second kappa shape index (κ2) is 6.42. The molecule has 0 amide bonds. The number of hydrogen-bond acceptors (Lipinski definition) is 6. The van der Waals surface area contributed by atoms with Crippen LogP contribution < -0.4 is 10.5 Å². The molecule has 2 aromatic rings. The Morgan fingerprint density at radius 2 is 2.14 bits per heavy atom. The standard InChI is InChI=1S/C13H15N3O4S2/c1-9(10-5-6-21-8-10)7-15-11-3-2-4-12(22(14,19)20)13(11)16(17)18/h2-6,8-9,15H,7H2,1H3,(H2,14,19,20)/t9-/m1/s1. The van der Waals surface area contributed by atoms with E-state index in [0.717, 1.165) is 11.6 Å². The predicted octanol–water partition coefficient (Wildman–Crippen LogP) is 2.52. The van der Waals surface area contributed by atoms with Gasteiger partial charge in [0.2, 0.25) is 10.0 Å². The Kier molecular flexibility index (Phi) is 4.79. The maximum atomic E-state index is 11.5. The first-order valence-electron chi connectivity index (χ1n) is 6.37. The Hall–Kier alpha value is -1.97. The number of anilines is 1. The van der Waals surface area contributed by atoms with Crippen molar-refractivity contribution in [3.63, 3.8) is 0 Å². The van der Waals surface area contributed by atoms with Gasteiger partial charge in [0.05, 0.1) is 4.92 Å². The molecule has 0 spiro atoms. The van der Waals surface area contributed by atoms with Gasteiger partial charge in [0, 0.05) is 6.54 Å². The van der Waals surface area contributed by atoms with Crippen LogP contribution in [0, 0.1) is 10.1 Å². The fraction of sp³-hybridized carbons (Fsp3) is 0.231. The molecule has 1 heterocycles. The average Bonchev–Trinajstić information content (AvgIpc) is 2.97. The minimum atomic E-state index is -4.16. The molecule has 0 aliphatic rings. The lowest BCUT2D eigenvalue weighted by Crippen LogP contribution is -2.16. The molecule has 22 heavy (non-hydrogen) atoms. The van der Waals surface area contributed by atoms with E-state index in [-0.39, 0.29) is 11.6 Å². The van der Waals surface area contributed by atoms with Crippen molar-refractivity contribution in [1.29, 1.82) is 0 Å². The maximum absolute atomic E-state index is 11.5.